The highest BCUT2D eigenvalue weighted by Crippen LogP contribution is 1.93. The van der Waals surface area contributed by atoms with Crippen LogP contribution in [0.5, 0.6) is 0 Å². The maximum absolute atomic E-state index is 11.5. The summed E-state index contributed by atoms with van der Waals surface area (Å²) < 4.78 is 1.73. The zero-order valence-electron chi connectivity index (χ0n) is 8.63. The highest BCUT2D eigenvalue weighted by atomic mass is 16.1. The van der Waals surface area contributed by atoms with Crippen LogP contribution >= 0.6 is 0 Å². The summed E-state index contributed by atoms with van der Waals surface area (Å²) in [6.45, 7) is 1.34. The number of aromatic nitrogens is 5. The number of carbonyl (C=O) groups excluding carboxylic acids is 1. The predicted molar refractivity (Wildman–Crippen MR) is 55.6 cm³/mol. The number of nitrogens with zero attached hydrogens (tertiary/aromatic N) is 4. The molecule has 2 heterocycles. The molecular formula is C9H12N6O. The fourth-order valence-corrected chi connectivity index (χ4v) is 1.27. The summed E-state index contributed by atoms with van der Waals surface area (Å²) in [5.41, 5.74) is 0.542. The molecule has 0 spiro atoms. The molecule has 0 saturated carbocycles. The van der Waals surface area contributed by atoms with Crippen molar-refractivity contribution >= 4 is 5.91 Å². The molecule has 0 bridgehead atoms. The molecule has 0 aliphatic carbocycles. The molecule has 2 aromatic heterocycles. The van der Waals surface area contributed by atoms with E-state index in [4.69, 9.17) is 0 Å². The van der Waals surface area contributed by atoms with Crippen molar-refractivity contribution in [3.05, 3.63) is 30.4 Å². The lowest BCUT2D eigenvalue weighted by atomic mass is 10.3. The van der Waals surface area contributed by atoms with Gasteiger partial charge in [-0.1, -0.05) is 5.21 Å². The van der Waals surface area contributed by atoms with Crippen LogP contribution in [0.1, 0.15) is 16.8 Å². The Labute approximate surface area is 91.9 Å². The van der Waals surface area contributed by atoms with Crippen LogP contribution in [-0.4, -0.2) is 37.6 Å². The van der Waals surface area contributed by atoms with E-state index < -0.39 is 0 Å². The second-order valence-corrected chi connectivity index (χ2v) is 3.26. The highest BCUT2D eigenvalue weighted by molar-refractivity contribution is 5.93. The van der Waals surface area contributed by atoms with E-state index in [1.807, 2.05) is 0 Å². The van der Waals surface area contributed by atoms with Gasteiger partial charge in [0.15, 0.2) is 0 Å². The maximum atomic E-state index is 11.5. The molecule has 0 atom stereocenters. The first-order valence-electron chi connectivity index (χ1n) is 4.97. The standard InChI is InChI=1S/C9H12N6O/c16-9(8-6-12-13-7-8)10-2-1-4-15-5-3-11-14-15/h3,5-7H,1-2,4H2,(H,10,16)(H,12,13). The average molecular weight is 220 g/mol. The number of amides is 1. The molecule has 2 N–H and O–H groups in total. The van der Waals surface area contributed by atoms with Crippen molar-refractivity contribution in [2.75, 3.05) is 6.54 Å². The molecule has 0 fully saturated rings. The van der Waals surface area contributed by atoms with Crippen molar-refractivity contribution in [1.82, 2.24) is 30.5 Å². The van der Waals surface area contributed by atoms with Crippen molar-refractivity contribution in [2.45, 2.75) is 13.0 Å². The molecule has 0 aliphatic heterocycles. The Morgan fingerprint density at radius 2 is 2.50 bits per heavy atom. The first-order chi connectivity index (χ1) is 7.86. The zero-order chi connectivity index (χ0) is 11.2. The number of nitrogens with one attached hydrogen (secondary N) is 2. The monoisotopic (exact) mass is 220 g/mol. The first kappa shape index (κ1) is 10.3. The summed E-state index contributed by atoms with van der Waals surface area (Å²) in [6, 6.07) is 0. The Morgan fingerprint density at radius 1 is 1.56 bits per heavy atom. The van der Waals surface area contributed by atoms with Gasteiger partial charge in [0.2, 0.25) is 0 Å². The van der Waals surface area contributed by atoms with E-state index in [9.17, 15) is 4.79 Å². The van der Waals surface area contributed by atoms with E-state index in [0.29, 0.717) is 12.1 Å². The number of hydrogen-bond donors (Lipinski definition) is 2. The van der Waals surface area contributed by atoms with Crippen LogP contribution in [0.4, 0.5) is 0 Å². The lowest BCUT2D eigenvalue weighted by molar-refractivity contribution is 0.0952. The third kappa shape index (κ3) is 2.66. The third-order valence-corrected chi connectivity index (χ3v) is 2.08. The Morgan fingerprint density at radius 3 is 3.19 bits per heavy atom. The lowest BCUT2D eigenvalue weighted by Gasteiger charge is -2.03. The minimum atomic E-state index is -0.118. The number of rotatable bonds is 5. The molecular weight excluding hydrogens is 208 g/mol. The van der Waals surface area contributed by atoms with E-state index in [1.165, 1.54) is 6.20 Å². The van der Waals surface area contributed by atoms with Gasteiger partial charge in [-0.15, -0.1) is 5.10 Å². The number of carbonyl (C=O) groups is 1. The van der Waals surface area contributed by atoms with Crippen LogP contribution in [0, 0.1) is 0 Å². The van der Waals surface area contributed by atoms with Gasteiger partial charge in [-0.25, -0.2) is 0 Å². The molecule has 0 saturated heterocycles. The van der Waals surface area contributed by atoms with Crippen LogP contribution < -0.4 is 5.32 Å². The second-order valence-electron chi connectivity index (χ2n) is 3.26. The number of aryl methyl sites for hydroxylation is 1. The fraction of sp³-hybridized carbons (Fsp3) is 0.333. The van der Waals surface area contributed by atoms with Gasteiger partial charge in [-0.3, -0.25) is 14.6 Å². The fourth-order valence-electron chi connectivity index (χ4n) is 1.27. The third-order valence-electron chi connectivity index (χ3n) is 2.08. The SMILES string of the molecule is O=C(NCCCn1ccnn1)c1cn[nH]c1. The molecule has 0 radical (unpaired) electrons. The molecule has 16 heavy (non-hydrogen) atoms. The summed E-state index contributed by atoms with van der Waals surface area (Å²) >= 11 is 0. The summed E-state index contributed by atoms with van der Waals surface area (Å²) in [6.07, 6.45) is 7.29. The molecule has 1 amide bonds. The summed E-state index contributed by atoms with van der Waals surface area (Å²) in [7, 11) is 0. The van der Waals surface area contributed by atoms with Gasteiger partial charge >= 0.3 is 0 Å². The van der Waals surface area contributed by atoms with Crippen molar-refractivity contribution in [3.8, 4) is 0 Å². The van der Waals surface area contributed by atoms with Gasteiger partial charge in [-0.2, -0.15) is 5.10 Å². The maximum Gasteiger partial charge on any atom is 0.254 e. The topological polar surface area (TPSA) is 88.5 Å². The molecule has 7 nitrogen and oxygen atoms in total. The van der Waals surface area contributed by atoms with E-state index in [1.54, 1.807) is 23.3 Å². The summed E-state index contributed by atoms with van der Waals surface area (Å²) in [5, 5.41) is 16.6. The highest BCUT2D eigenvalue weighted by Gasteiger charge is 2.04. The van der Waals surface area contributed by atoms with Crippen molar-refractivity contribution in [1.29, 1.82) is 0 Å². The molecule has 0 unspecified atom stereocenters. The van der Waals surface area contributed by atoms with Gasteiger partial charge in [0.25, 0.3) is 5.91 Å². The predicted octanol–water partition coefficient (Wildman–Crippen LogP) is -0.179. The van der Waals surface area contributed by atoms with Crippen LogP contribution in [-0.2, 0) is 6.54 Å². The zero-order valence-corrected chi connectivity index (χ0v) is 8.63. The number of aromatic amines is 1. The summed E-state index contributed by atoms with van der Waals surface area (Å²) in [5.74, 6) is -0.118. The van der Waals surface area contributed by atoms with Gasteiger partial charge in [0, 0.05) is 25.5 Å². The van der Waals surface area contributed by atoms with Gasteiger partial charge < -0.3 is 5.32 Å². The van der Waals surface area contributed by atoms with E-state index in [0.717, 1.165) is 13.0 Å². The first-order valence-corrected chi connectivity index (χ1v) is 4.97. The smallest absolute Gasteiger partial charge is 0.254 e. The Kier molecular flexibility index (Phi) is 3.27. The van der Waals surface area contributed by atoms with E-state index in [2.05, 4.69) is 25.8 Å². The second kappa shape index (κ2) is 5.06. The Hall–Kier alpha value is -2.18. The number of H-pyrrole nitrogens is 1. The normalized spacial score (nSPS) is 10.2. The summed E-state index contributed by atoms with van der Waals surface area (Å²) in [4.78, 5) is 11.5. The van der Waals surface area contributed by atoms with Gasteiger partial charge in [0.1, 0.15) is 0 Å². The molecule has 7 heteroatoms. The largest absolute Gasteiger partial charge is 0.352 e. The average Bonchev–Trinajstić information content (AvgIpc) is 2.96. The van der Waals surface area contributed by atoms with Crippen LogP contribution in [0.15, 0.2) is 24.8 Å². The molecule has 84 valence electrons. The van der Waals surface area contributed by atoms with Gasteiger partial charge in [0.05, 0.1) is 18.0 Å². The van der Waals surface area contributed by atoms with E-state index in [-0.39, 0.29) is 5.91 Å². The van der Waals surface area contributed by atoms with Crippen molar-refractivity contribution in [3.63, 3.8) is 0 Å². The number of hydrogen-bond acceptors (Lipinski definition) is 4. The van der Waals surface area contributed by atoms with Crippen LogP contribution in [0.25, 0.3) is 0 Å². The van der Waals surface area contributed by atoms with Crippen LogP contribution in [0.3, 0.4) is 0 Å². The molecule has 0 aliphatic rings. The van der Waals surface area contributed by atoms with Crippen molar-refractivity contribution < 1.29 is 4.79 Å². The quantitative estimate of drug-likeness (QED) is 0.684. The molecule has 0 aromatic carbocycles. The van der Waals surface area contributed by atoms with E-state index >= 15 is 0 Å². The Bertz CT molecular complexity index is 421. The van der Waals surface area contributed by atoms with Crippen LogP contribution in [0.2, 0.25) is 0 Å². The Balaban J connectivity index is 1.67. The molecule has 2 aromatic rings. The minimum Gasteiger partial charge on any atom is -0.352 e. The minimum absolute atomic E-state index is 0.118. The molecule has 2 rings (SSSR count). The lowest BCUT2D eigenvalue weighted by Crippen LogP contribution is -2.24. The van der Waals surface area contributed by atoms with Crippen molar-refractivity contribution in [2.24, 2.45) is 0 Å². The van der Waals surface area contributed by atoms with Gasteiger partial charge in [-0.05, 0) is 6.42 Å².